The monoisotopic (exact) mass is 262 g/mol. The van der Waals surface area contributed by atoms with E-state index in [1.165, 1.54) is 0 Å². The Hall–Kier alpha value is -1.39. The first-order valence-electron chi connectivity index (χ1n) is 6.94. The molecule has 4 nitrogen and oxygen atoms in total. The van der Waals surface area contributed by atoms with E-state index in [-0.39, 0.29) is 18.1 Å². The van der Waals surface area contributed by atoms with Crippen molar-refractivity contribution in [1.29, 1.82) is 0 Å². The number of rotatable bonds is 6. The zero-order chi connectivity index (χ0) is 13.5. The molecular formula is C15H22N2O2. The van der Waals surface area contributed by atoms with Crippen LogP contribution in [0.5, 0.6) is 0 Å². The summed E-state index contributed by atoms with van der Waals surface area (Å²) in [5, 5.41) is 2.91. The summed E-state index contributed by atoms with van der Waals surface area (Å²) in [4.78, 5) is 11.7. The molecule has 0 spiro atoms. The van der Waals surface area contributed by atoms with Crippen molar-refractivity contribution in [2.75, 3.05) is 13.2 Å². The van der Waals surface area contributed by atoms with Crippen molar-refractivity contribution in [2.24, 2.45) is 5.73 Å². The van der Waals surface area contributed by atoms with Crippen molar-refractivity contribution < 1.29 is 9.53 Å². The second-order valence-corrected chi connectivity index (χ2v) is 4.99. The number of ether oxygens (including phenoxy) is 1. The average Bonchev–Trinajstić information content (AvgIpc) is 2.92. The molecule has 1 aromatic carbocycles. The Labute approximate surface area is 114 Å². The molecule has 2 atom stereocenters. The zero-order valence-corrected chi connectivity index (χ0v) is 11.2. The van der Waals surface area contributed by atoms with Gasteiger partial charge in [0.15, 0.2) is 0 Å². The lowest BCUT2D eigenvalue weighted by molar-refractivity contribution is -0.123. The fraction of sp³-hybridized carbons (Fsp3) is 0.533. The molecule has 1 heterocycles. The van der Waals surface area contributed by atoms with Crippen LogP contribution in [0.15, 0.2) is 30.3 Å². The predicted molar refractivity (Wildman–Crippen MR) is 74.6 cm³/mol. The van der Waals surface area contributed by atoms with Crippen molar-refractivity contribution in [3.63, 3.8) is 0 Å². The van der Waals surface area contributed by atoms with Crippen molar-refractivity contribution >= 4 is 5.91 Å². The van der Waals surface area contributed by atoms with Gasteiger partial charge in [-0.3, -0.25) is 4.79 Å². The van der Waals surface area contributed by atoms with Gasteiger partial charge >= 0.3 is 0 Å². The summed E-state index contributed by atoms with van der Waals surface area (Å²) in [6.07, 6.45) is 3.40. The number of hydrogen-bond donors (Lipinski definition) is 2. The molecule has 0 aromatic heterocycles. The second-order valence-electron chi connectivity index (χ2n) is 4.99. The maximum Gasteiger partial charge on any atom is 0.222 e. The Balaban J connectivity index is 1.64. The molecule has 104 valence electrons. The molecule has 0 radical (unpaired) electrons. The molecular weight excluding hydrogens is 240 g/mol. The third kappa shape index (κ3) is 4.65. The van der Waals surface area contributed by atoms with Crippen LogP contribution in [0.4, 0.5) is 0 Å². The molecule has 0 bridgehead atoms. The van der Waals surface area contributed by atoms with Crippen molar-refractivity contribution in [3.05, 3.63) is 35.9 Å². The highest BCUT2D eigenvalue weighted by atomic mass is 16.5. The van der Waals surface area contributed by atoms with Gasteiger partial charge in [-0.1, -0.05) is 30.3 Å². The normalized spacial score (nSPS) is 20.2. The topological polar surface area (TPSA) is 64.3 Å². The van der Waals surface area contributed by atoms with Crippen LogP contribution in [0.3, 0.4) is 0 Å². The van der Waals surface area contributed by atoms with Gasteiger partial charge < -0.3 is 15.8 Å². The number of amides is 1. The minimum absolute atomic E-state index is 0.0239. The predicted octanol–water partition coefficient (Wildman–Crippen LogP) is 1.76. The van der Waals surface area contributed by atoms with Crippen LogP contribution in [0.2, 0.25) is 0 Å². The maximum atomic E-state index is 11.7. The molecule has 1 aliphatic rings. The number of carbonyl (C=O) groups is 1. The van der Waals surface area contributed by atoms with Gasteiger partial charge in [0.25, 0.3) is 0 Å². The van der Waals surface area contributed by atoms with E-state index < -0.39 is 0 Å². The summed E-state index contributed by atoms with van der Waals surface area (Å²) < 4.78 is 5.43. The van der Waals surface area contributed by atoms with E-state index >= 15 is 0 Å². The number of hydrogen-bond acceptors (Lipinski definition) is 3. The summed E-state index contributed by atoms with van der Waals surface area (Å²) >= 11 is 0. The first-order chi connectivity index (χ1) is 9.25. The average molecular weight is 262 g/mol. The molecule has 1 fully saturated rings. The van der Waals surface area contributed by atoms with Crippen LogP contribution in [-0.4, -0.2) is 25.2 Å². The summed E-state index contributed by atoms with van der Waals surface area (Å²) in [5.74, 6) is 0.0622. The van der Waals surface area contributed by atoms with Crippen LogP contribution in [-0.2, 0) is 9.53 Å². The number of nitrogens with one attached hydrogen (secondary N) is 1. The Bertz CT molecular complexity index is 388. The lowest BCUT2D eigenvalue weighted by Crippen LogP contribution is -2.29. The van der Waals surface area contributed by atoms with Crippen LogP contribution in [0.25, 0.3) is 0 Å². The Kier molecular flexibility index (Phi) is 5.36. The standard InChI is InChI=1S/C15H22N2O2/c16-14(12-5-2-1-3-6-12)8-9-17-15(18)11-13-7-4-10-19-13/h1-3,5-6,13-14H,4,7-11,16H2,(H,17,18). The summed E-state index contributed by atoms with van der Waals surface area (Å²) in [7, 11) is 0. The molecule has 1 saturated heterocycles. The molecule has 19 heavy (non-hydrogen) atoms. The van der Waals surface area contributed by atoms with Crippen molar-refractivity contribution in [3.8, 4) is 0 Å². The van der Waals surface area contributed by atoms with Gasteiger partial charge in [0, 0.05) is 19.2 Å². The van der Waals surface area contributed by atoms with Gasteiger partial charge in [-0.05, 0) is 24.8 Å². The molecule has 2 unspecified atom stereocenters. The van der Waals surface area contributed by atoms with Crippen LogP contribution in [0, 0.1) is 0 Å². The van der Waals surface area contributed by atoms with E-state index in [1.54, 1.807) is 0 Å². The number of benzene rings is 1. The highest BCUT2D eigenvalue weighted by molar-refractivity contribution is 5.76. The minimum Gasteiger partial charge on any atom is -0.378 e. The molecule has 2 rings (SSSR count). The third-order valence-corrected chi connectivity index (χ3v) is 3.44. The molecule has 4 heteroatoms. The SMILES string of the molecule is NC(CCNC(=O)CC1CCCO1)c1ccccc1. The van der Waals surface area contributed by atoms with E-state index in [9.17, 15) is 4.79 Å². The first-order valence-corrected chi connectivity index (χ1v) is 6.94. The molecule has 1 aromatic rings. The van der Waals surface area contributed by atoms with E-state index in [4.69, 9.17) is 10.5 Å². The summed E-state index contributed by atoms with van der Waals surface area (Å²) in [5.41, 5.74) is 7.18. The third-order valence-electron chi connectivity index (χ3n) is 3.44. The van der Waals surface area contributed by atoms with Crippen LogP contribution >= 0.6 is 0 Å². The van der Waals surface area contributed by atoms with Gasteiger partial charge in [0.1, 0.15) is 0 Å². The maximum absolute atomic E-state index is 11.7. The van der Waals surface area contributed by atoms with E-state index in [2.05, 4.69) is 5.32 Å². The first kappa shape index (κ1) is 14.0. The number of nitrogens with two attached hydrogens (primary N) is 1. The van der Waals surface area contributed by atoms with Crippen LogP contribution < -0.4 is 11.1 Å². The van der Waals surface area contributed by atoms with E-state index in [0.717, 1.165) is 31.4 Å². The quantitative estimate of drug-likeness (QED) is 0.821. The summed E-state index contributed by atoms with van der Waals surface area (Å²) in [6.45, 7) is 1.40. The number of carbonyl (C=O) groups excluding carboxylic acids is 1. The lowest BCUT2D eigenvalue weighted by atomic mass is 10.1. The molecule has 3 N–H and O–H groups in total. The smallest absolute Gasteiger partial charge is 0.222 e. The highest BCUT2D eigenvalue weighted by Crippen LogP contribution is 2.15. The Morgan fingerprint density at radius 3 is 2.89 bits per heavy atom. The van der Waals surface area contributed by atoms with Crippen molar-refractivity contribution in [2.45, 2.75) is 37.8 Å². The molecule has 0 aliphatic carbocycles. The Morgan fingerprint density at radius 2 is 2.21 bits per heavy atom. The van der Waals surface area contributed by atoms with Crippen LogP contribution in [0.1, 0.15) is 37.3 Å². The van der Waals surface area contributed by atoms with Gasteiger partial charge in [-0.2, -0.15) is 0 Å². The lowest BCUT2D eigenvalue weighted by Gasteiger charge is -2.13. The zero-order valence-electron chi connectivity index (χ0n) is 11.2. The Morgan fingerprint density at radius 1 is 1.42 bits per heavy atom. The van der Waals surface area contributed by atoms with Crippen molar-refractivity contribution in [1.82, 2.24) is 5.32 Å². The minimum atomic E-state index is -0.0239. The van der Waals surface area contributed by atoms with E-state index in [1.807, 2.05) is 30.3 Å². The molecule has 1 aliphatic heterocycles. The van der Waals surface area contributed by atoms with Gasteiger partial charge in [0.05, 0.1) is 12.5 Å². The van der Waals surface area contributed by atoms with Gasteiger partial charge in [0.2, 0.25) is 5.91 Å². The fourth-order valence-corrected chi connectivity index (χ4v) is 2.32. The molecule has 0 saturated carbocycles. The molecule has 1 amide bonds. The highest BCUT2D eigenvalue weighted by Gasteiger charge is 2.18. The van der Waals surface area contributed by atoms with Gasteiger partial charge in [-0.25, -0.2) is 0 Å². The van der Waals surface area contributed by atoms with Gasteiger partial charge in [-0.15, -0.1) is 0 Å². The summed E-state index contributed by atoms with van der Waals surface area (Å²) in [6, 6.07) is 9.93. The largest absolute Gasteiger partial charge is 0.378 e. The van der Waals surface area contributed by atoms with E-state index in [0.29, 0.717) is 13.0 Å². The fourth-order valence-electron chi connectivity index (χ4n) is 2.32. The second kappa shape index (κ2) is 7.26.